The zero-order valence-electron chi connectivity index (χ0n) is 6.72. The number of hydrogen-bond donors (Lipinski definition) is 3. The highest BCUT2D eigenvalue weighted by atomic mass is 16.4. The molecule has 0 unspecified atom stereocenters. The predicted octanol–water partition coefficient (Wildman–Crippen LogP) is -1.02. The van der Waals surface area contributed by atoms with E-state index in [1.165, 1.54) is 0 Å². The molecule has 0 aromatic rings. The Kier molecular flexibility index (Phi) is 13.4. The van der Waals surface area contributed by atoms with E-state index >= 15 is 0 Å². The van der Waals surface area contributed by atoms with Gasteiger partial charge in [-0.15, -0.1) is 0 Å². The molecule has 76 valence electrons. The predicted molar refractivity (Wildman–Crippen MR) is 41.3 cm³/mol. The Bertz CT molecular complexity index is 185. The van der Waals surface area contributed by atoms with Crippen LogP contribution in [-0.2, 0) is 14.4 Å². The molecule has 0 amide bonds. The monoisotopic (exact) mass is 194 g/mol. The summed E-state index contributed by atoms with van der Waals surface area (Å²) in [4.78, 5) is 28.1. The summed E-state index contributed by atoms with van der Waals surface area (Å²) in [5, 5.41) is 23.0. The molecule has 0 rings (SSSR count). The average molecular weight is 194 g/mol. The van der Waals surface area contributed by atoms with Crippen molar-refractivity contribution in [3.63, 3.8) is 0 Å². The third-order valence-corrected chi connectivity index (χ3v) is 0.368. The minimum atomic E-state index is -1.26. The molecule has 0 spiro atoms. The van der Waals surface area contributed by atoms with Gasteiger partial charge in [0.1, 0.15) is 0 Å². The normalized spacial score (nSPS) is 7.77. The summed E-state index contributed by atoms with van der Waals surface area (Å²) in [6.07, 6.45) is 1.12. The lowest BCUT2D eigenvalue weighted by Crippen LogP contribution is -1.91. The fourth-order valence-electron chi connectivity index (χ4n) is 0.143. The van der Waals surface area contributed by atoms with Crippen LogP contribution in [0, 0.1) is 0 Å². The number of rotatable bonds is 2. The van der Waals surface area contributed by atoms with Crippen molar-refractivity contribution in [2.45, 2.75) is 6.92 Å². The maximum Gasteiger partial charge on any atom is 0.328 e. The van der Waals surface area contributed by atoms with Crippen molar-refractivity contribution >= 4 is 17.9 Å². The molecule has 0 aliphatic rings. The number of carboxylic acid groups (broad SMARTS) is 3. The molecule has 7 heteroatoms. The Morgan fingerprint density at radius 2 is 1.08 bits per heavy atom. The first-order valence-corrected chi connectivity index (χ1v) is 2.69. The van der Waals surface area contributed by atoms with E-state index < -0.39 is 17.9 Å². The average Bonchev–Trinajstić information content (AvgIpc) is 1.82. The number of hydrogen-bond acceptors (Lipinski definition) is 3. The van der Waals surface area contributed by atoms with Gasteiger partial charge in [0.05, 0.1) is 0 Å². The van der Waals surface area contributed by atoms with Crippen molar-refractivity contribution in [2.24, 2.45) is 0 Å². The molecule has 0 heterocycles. The zero-order valence-corrected chi connectivity index (χ0v) is 6.72. The quantitative estimate of drug-likeness (QED) is 0.480. The highest BCUT2D eigenvalue weighted by Crippen LogP contribution is 1.70. The van der Waals surface area contributed by atoms with E-state index in [-0.39, 0.29) is 5.48 Å². The molecule has 0 saturated carbocycles. The van der Waals surface area contributed by atoms with E-state index in [9.17, 15) is 9.59 Å². The van der Waals surface area contributed by atoms with Crippen LogP contribution in [0.2, 0.25) is 0 Å². The molecule has 7 nitrogen and oxygen atoms in total. The van der Waals surface area contributed by atoms with Gasteiger partial charge < -0.3 is 20.8 Å². The van der Waals surface area contributed by atoms with Gasteiger partial charge >= 0.3 is 11.9 Å². The van der Waals surface area contributed by atoms with Crippen LogP contribution in [0.3, 0.4) is 0 Å². The van der Waals surface area contributed by atoms with Crippen LogP contribution in [0.5, 0.6) is 0 Å². The summed E-state index contributed by atoms with van der Waals surface area (Å²) < 4.78 is 0. The molecule has 0 radical (unpaired) electrons. The fraction of sp³-hybridized carbons (Fsp3) is 0.167. The molecule has 5 N–H and O–H groups in total. The van der Waals surface area contributed by atoms with Crippen LogP contribution >= 0.6 is 0 Å². The second-order valence-corrected chi connectivity index (χ2v) is 1.53. The van der Waals surface area contributed by atoms with Gasteiger partial charge in [0.15, 0.2) is 0 Å². The van der Waals surface area contributed by atoms with E-state index in [1.54, 1.807) is 0 Å². The minimum Gasteiger partial charge on any atom is -0.481 e. The lowest BCUT2D eigenvalue weighted by atomic mass is 10.5. The van der Waals surface area contributed by atoms with Crippen LogP contribution in [0.4, 0.5) is 0 Å². The molecule has 0 bridgehead atoms. The molecule has 0 aromatic carbocycles. The smallest absolute Gasteiger partial charge is 0.328 e. The molecule has 0 fully saturated rings. The van der Waals surface area contributed by atoms with Gasteiger partial charge in [-0.3, -0.25) is 4.79 Å². The lowest BCUT2D eigenvalue weighted by Gasteiger charge is -1.74. The zero-order chi connectivity index (χ0) is 10.1. The van der Waals surface area contributed by atoms with Crippen LogP contribution in [0.1, 0.15) is 6.92 Å². The molecular formula is C6H10O7. The van der Waals surface area contributed by atoms with Crippen molar-refractivity contribution in [1.82, 2.24) is 0 Å². The summed E-state index contributed by atoms with van der Waals surface area (Å²) in [7, 11) is 0. The second-order valence-electron chi connectivity index (χ2n) is 1.53. The molecular weight excluding hydrogens is 184 g/mol. The maximum atomic E-state index is 9.55. The lowest BCUT2D eigenvalue weighted by molar-refractivity contribution is -0.134. The molecule has 0 aliphatic carbocycles. The molecule has 0 aromatic heterocycles. The van der Waals surface area contributed by atoms with E-state index in [0.29, 0.717) is 12.2 Å². The summed E-state index contributed by atoms with van der Waals surface area (Å²) in [5.41, 5.74) is 0. The second kappa shape index (κ2) is 10.1. The molecule has 0 aliphatic heterocycles. The summed E-state index contributed by atoms with van der Waals surface area (Å²) in [6, 6.07) is 0. The van der Waals surface area contributed by atoms with Crippen molar-refractivity contribution in [2.75, 3.05) is 0 Å². The standard InChI is InChI=1S/C4H4O4.C2H4O2.H2O/c5-3(6)1-2-4(7)8;1-2(3)4;/h1-2H,(H,5,6)(H,7,8);1H3,(H,3,4);1H2/b2-1-;;. The fourth-order valence-corrected chi connectivity index (χ4v) is 0.143. The van der Waals surface area contributed by atoms with Gasteiger partial charge in [-0.05, 0) is 0 Å². The van der Waals surface area contributed by atoms with Gasteiger partial charge in [0, 0.05) is 19.1 Å². The van der Waals surface area contributed by atoms with Crippen molar-refractivity contribution in [1.29, 1.82) is 0 Å². The minimum absolute atomic E-state index is 0. The number of carboxylic acids is 3. The third kappa shape index (κ3) is 68.7. The highest BCUT2D eigenvalue weighted by Gasteiger charge is 1.88. The van der Waals surface area contributed by atoms with Crippen LogP contribution < -0.4 is 0 Å². The summed E-state index contributed by atoms with van der Waals surface area (Å²) in [5.74, 6) is -3.35. The van der Waals surface area contributed by atoms with Crippen molar-refractivity contribution < 1.29 is 35.2 Å². The van der Waals surface area contributed by atoms with Gasteiger partial charge in [0.25, 0.3) is 5.97 Å². The topological polar surface area (TPSA) is 143 Å². The Hall–Kier alpha value is -1.89. The third-order valence-electron chi connectivity index (χ3n) is 0.368. The Morgan fingerprint density at radius 1 is 0.923 bits per heavy atom. The van der Waals surface area contributed by atoms with E-state index in [0.717, 1.165) is 6.92 Å². The van der Waals surface area contributed by atoms with E-state index in [4.69, 9.17) is 20.1 Å². The van der Waals surface area contributed by atoms with Crippen molar-refractivity contribution in [3.8, 4) is 0 Å². The van der Waals surface area contributed by atoms with Crippen LogP contribution in [0.25, 0.3) is 0 Å². The van der Waals surface area contributed by atoms with Gasteiger partial charge in [-0.1, -0.05) is 0 Å². The Morgan fingerprint density at radius 3 is 1.15 bits per heavy atom. The maximum absolute atomic E-state index is 9.55. The molecule has 0 atom stereocenters. The van der Waals surface area contributed by atoms with E-state index in [2.05, 4.69) is 0 Å². The van der Waals surface area contributed by atoms with Crippen LogP contribution in [0.15, 0.2) is 12.2 Å². The van der Waals surface area contributed by atoms with Gasteiger partial charge in [-0.2, -0.15) is 0 Å². The van der Waals surface area contributed by atoms with Gasteiger partial charge in [0.2, 0.25) is 0 Å². The van der Waals surface area contributed by atoms with Gasteiger partial charge in [-0.25, -0.2) is 9.59 Å². The number of aliphatic carboxylic acids is 3. The first kappa shape index (κ1) is 17.3. The molecule has 13 heavy (non-hydrogen) atoms. The first-order chi connectivity index (χ1) is 5.36. The largest absolute Gasteiger partial charge is 0.481 e. The highest BCUT2D eigenvalue weighted by molar-refractivity contribution is 5.89. The molecule has 0 saturated heterocycles. The van der Waals surface area contributed by atoms with Crippen molar-refractivity contribution in [3.05, 3.63) is 12.2 Å². The summed E-state index contributed by atoms with van der Waals surface area (Å²) >= 11 is 0. The number of carbonyl (C=O) groups is 3. The Labute approximate surface area is 73.2 Å². The van der Waals surface area contributed by atoms with Crippen LogP contribution in [-0.4, -0.2) is 38.7 Å². The Balaban J connectivity index is -0.000000173. The first-order valence-electron chi connectivity index (χ1n) is 2.69. The van der Waals surface area contributed by atoms with E-state index in [1.807, 2.05) is 0 Å². The summed E-state index contributed by atoms with van der Waals surface area (Å²) in [6.45, 7) is 1.08. The SMILES string of the molecule is CC(=O)O.O.O=C(O)/C=C\C(=O)O.